The van der Waals surface area contributed by atoms with E-state index >= 15 is 0 Å². The van der Waals surface area contributed by atoms with Crippen molar-refractivity contribution in [3.8, 4) is 0 Å². The summed E-state index contributed by atoms with van der Waals surface area (Å²) in [5, 5.41) is 43.1. The van der Waals surface area contributed by atoms with Crippen LogP contribution in [-0.4, -0.2) is 129 Å². The molecule has 13 N–H and O–H groups in total. The van der Waals surface area contributed by atoms with Crippen LogP contribution in [0.25, 0.3) is 0 Å². The third-order valence-electron chi connectivity index (χ3n) is 6.54. The first-order chi connectivity index (χ1) is 21.9. The topological polar surface area (TPSA) is 321 Å². The highest BCUT2D eigenvalue weighted by Gasteiger charge is 2.35. The molecular weight excluding hydrogens is 664 g/mol. The number of carbonyl (C=O) groups is 8. The first-order valence-electron chi connectivity index (χ1n) is 14.5. The largest absolute Gasteiger partial charge is 0.481 e. The maximum atomic E-state index is 13.3. The molecule has 0 aromatic heterocycles. The van der Waals surface area contributed by atoms with Gasteiger partial charge < -0.3 is 58.7 Å². The minimum atomic E-state index is -1.86. The molecule has 1 aliphatic heterocycles. The highest BCUT2D eigenvalue weighted by Crippen LogP contribution is 2.23. The lowest BCUT2D eigenvalue weighted by molar-refractivity contribution is -0.142. The summed E-state index contributed by atoms with van der Waals surface area (Å²) in [5.74, 6) is -8.60. The molecule has 1 aliphatic rings. The van der Waals surface area contributed by atoms with Gasteiger partial charge in [0, 0.05) is 11.5 Å². The van der Waals surface area contributed by atoms with Gasteiger partial charge in [-0.25, -0.2) is 0 Å². The number of nitrogens with two attached hydrogens (primary N) is 2. The van der Waals surface area contributed by atoms with Gasteiger partial charge in [-0.2, -0.15) is 0 Å². The summed E-state index contributed by atoms with van der Waals surface area (Å²) in [6.07, 6.45) is -2.54. The number of carboxylic acids is 1. The van der Waals surface area contributed by atoms with Crippen molar-refractivity contribution in [2.24, 2.45) is 17.4 Å². The van der Waals surface area contributed by atoms with E-state index in [4.69, 9.17) is 11.5 Å². The molecule has 0 bridgehead atoms. The zero-order chi connectivity index (χ0) is 36.0. The van der Waals surface area contributed by atoms with Crippen LogP contribution >= 0.6 is 21.6 Å². The van der Waals surface area contributed by atoms with Gasteiger partial charge in [-0.05, 0) is 26.2 Å². The number of nitrogens with one attached hydrogen (secondary N) is 6. The first-order valence-corrected chi connectivity index (χ1v) is 17.0. The Hall–Kier alpha value is -3.66. The SMILES string of the molecule is CC(C)C[C@@H]1NC(=O)[C@H]([C@@H](C)O)NC(=O)[C@H](CC(=O)O)NC(=O)[C@H](CO)NC(=O)[C@H](C)NC(=O)[C@@H](N)CSSC[C@@H](C(N)=O)NC1=O. The highest BCUT2D eigenvalue weighted by atomic mass is 33.1. The predicted molar refractivity (Wildman–Crippen MR) is 170 cm³/mol. The quantitative estimate of drug-likeness (QED) is 0.110. The standard InChI is InChI=1S/C26H44N8O11S2/c1-10(2)5-14-23(42)33-17(20(28)39)9-47-46-8-13(27)22(41)29-11(3)21(40)32-16(7-35)25(44)30-15(6-18(37)38)24(43)34-19(12(4)36)26(45)31-14/h10-17,19,35-36H,5-9,27H2,1-4H3,(H2,28,39)(H,29,41)(H,30,44)(H,31,45)(H,32,40)(H,33,42)(H,34,43)(H,37,38)/t11-,12+,13-,14-,15-,16-,17-,19-/m0/s1. The minimum absolute atomic E-state index is 0.00466. The molecule has 47 heavy (non-hydrogen) atoms. The summed E-state index contributed by atoms with van der Waals surface area (Å²) in [6, 6.07) is -10.2. The van der Waals surface area contributed by atoms with Gasteiger partial charge in [0.05, 0.1) is 25.2 Å². The van der Waals surface area contributed by atoms with Gasteiger partial charge in [0.25, 0.3) is 0 Å². The predicted octanol–water partition coefficient (Wildman–Crippen LogP) is -4.98. The number of hydrogen-bond donors (Lipinski definition) is 11. The first kappa shape index (κ1) is 41.4. The maximum Gasteiger partial charge on any atom is 0.305 e. The Morgan fingerprint density at radius 3 is 1.85 bits per heavy atom. The van der Waals surface area contributed by atoms with Crippen molar-refractivity contribution in [2.75, 3.05) is 18.1 Å². The van der Waals surface area contributed by atoms with E-state index < -0.39 is 109 Å². The molecule has 1 saturated heterocycles. The van der Waals surface area contributed by atoms with E-state index in [0.29, 0.717) is 0 Å². The monoisotopic (exact) mass is 708 g/mol. The maximum absolute atomic E-state index is 13.3. The van der Waals surface area contributed by atoms with Crippen molar-refractivity contribution in [1.29, 1.82) is 0 Å². The number of amides is 7. The molecule has 0 saturated carbocycles. The van der Waals surface area contributed by atoms with Crippen LogP contribution in [0.3, 0.4) is 0 Å². The molecule has 1 rings (SSSR count). The third-order valence-corrected chi connectivity index (χ3v) is 8.99. The van der Waals surface area contributed by atoms with E-state index in [9.17, 15) is 53.7 Å². The molecule has 8 atom stereocenters. The molecule has 266 valence electrons. The molecule has 0 aliphatic carbocycles. The van der Waals surface area contributed by atoms with E-state index in [1.807, 2.05) is 0 Å². The van der Waals surface area contributed by atoms with Crippen LogP contribution in [0, 0.1) is 5.92 Å². The van der Waals surface area contributed by atoms with Crippen molar-refractivity contribution >= 4 is 68.9 Å². The van der Waals surface area contributed by atoms with Crippen LogP contribution in [-0.2, 0) is 38.4 Å². The molecule has 19 nitrogen and oxygen atoms in total. The molecule has 0 spiro atoms. The molecule has 21 heteroatoms. The van der Waals surface area contributed by atoms with Gasteiger partial charge in [0.2, 0.25) is 41.4 Å². The Labute approximate surface area is 278 Å². The lowest BCUT2D eigenvalue weighted by Gasteiger charge is -2.28. The number of hydrogen-bond acceptors (Lipinski definition) is 13. The Kier molecular flexibility index (Phi) is 17.5. The van der Waals surface area contributed by atoms with Crippen molar-refractivity contribution in [3.63, 3.8) is 0 Å². The molecule has 0 unspecified atom stereocenters. The van der Waals surface area contributed by atoms with E-state index in [0.717, 1.165) is 28.5 Å². The van der Waals surface area contributed by atoms with Crippen LogP contribution in [0.4, 0.5) is 0 Å². The number of primary amides is 1. The second-order valence-corrected chi connectivity index (χ2v) is 13.7. The third kappa shape index (κ3) is 14.3. The fraction of sp³-hybridized carbons (Fsp3) is 0.692. The van der Waals surface area contributed by atoms with Gasteiger partial charge in [0.1, 0.15) is 36.3 Å². The fourth-order valence-corrected chi connectivity index (χ4v) is 6.24. The normalized spacial score (nSPS) is 28.9. The summed E-state index contributed by atoms with van der Waals surface area (Å²) in [4.78, 5) is 101. The molecule has 0 aromatic carbocycles. The van der Waals surface area contributed by atoms with Crippen LogP contribution < -0.4 is 43.4 Å². The Morgan fingerprint density at radius 1 is 0.787 bits per heavy atom. The average Bonchev–Trinajstić information content (AvgIpc) is 2.97. The zero-order valence-electron chi connectivity index (χ0n) is 26.3. The fourth-order valence-electron chi connectivity index (χ4n) is 3.94. The lowest BCUT2D eigenvalue weighted by Crippen LogP contribution is -2.62. The molecule has 1 fully saturated rings. The zero-order valence-corrected chi connectivity index (χ0v) is 27.9. The summed E-state index contributed by atoms with van der Waals surface area (Å²) < 4.78 is 0. The number of carbonyl (C=O) groups excluding carboxylic acids is 7. The summed E-state index contributed by atoms with van der Waals surface area (Å²) in [6.45, 7) is 4.91. The second-order valence-electron chi connectivity index (χ2n) is 11.2. The number of rotatable bonds is 7. The van der Waals surface area contributed by atoms with E-state index in [1.165, 1.54) is 6.92 Å². The number of aliphatic carboxylic acids is 1. The Bertz CT molecular complexity index is 1180. The smallest absolute Gasteiger partial charge is 0.305 e. The Morgan fingerprint density at radius 2 is 1.32 bits per heavy atom. The van der Waals surface area contributed by atoms with E-state index in [2.05, 4.69) is 31.9 Å². The van der Waals surface area contributed by atoms with E-state index in [1.54, 1.807) is 13.8 Å². The lowest BCUT2D eigenvalue weighted by atomic mass is 10.0. The number of aliphatic hydroxyl groups excluding tert-OH is 2. The van der Waals surface area contributed by atoms with Gasteiger partial charge in [-0.3, -0.25) is 38.4 Å². The Balaban J connectivity index is 3.48. The van der Waals surface area contributed by atoms with Crippen molar-refractivity contribution in [2.45, 2.75) is 88.9 Å². The molecule has 0 radical (unpaired) electrons. The number of aliphatic hydroxyl groups is 2. The molecule has 7 amide bonds. The van der Waals surface area contributed by atoms with Crippen LogP contribution in [0.15, 0.2) is 0 Å². The van der Waals surface area contributed by atoms with Crippen LogP contribution in [0.2, 0.25) is 0 Å². The van der Waals surface area contributed by atoms with Gasteiger partial charge in [-0.15, -0.1) is 0 Å². The molecule has 1 heterocycles. The van der Waals surface area contributed by atoms with Gasteiger partial charge in [-0.1, -0.05) is 35.4 Å². The van der Waals surface area contributed by atoms with Crippen LogP contribution in [0.5, 0.6) is 0 Å². The van der Waals surface area contributed by atoms with Crippen molar-refractivity contribution in [3.05, 3.63) is 0 Å². The van der Waals surface area contributed by atoms with Gasteiger partial charge in [0.15, 0.2) is 0 Å². The summed E-state index contributed by atoms with van der Waals surface area (Å²) in [7, 11) is 2.14. The average molecular weight is 709 g/mol. The van der Waals surface area contributed by atoms with Crippen molar-refractivity contribution < 1.29 is 53.7 Å². The molecule has 0 aromatic rings. The second kappa shape index (κ2) is 19.9. The van der Waals surface area contributed by atoms with Crippen LogP contribution in [0.1, 0.15) is 40.5 Å². The van der Waals surface area contributed by atoms with E-state index in [-0.39, 0.29) is 23.8 Å². The van der Waals surface area contributed by atoms with Crippen molar-refractivity contribution in [1.82, 2.24) is 31.9 Å². The summed E-state index contributed by atoms with van der Waals surface area (Å²) in [5.41, 5.74) is 11.4. The van der Waals surface area contributed by atoms with Gasteiger partial charge >= 0.3 is 5.97 Å². The highest BCUT2D eigenvalue weighted by molar-refractivity contribution is 8.76. The number of carboxylic acid groups (broad SMARTS) is 1. The molecular formula is C26H44N8O11S2. The minimum Gasteiger partial charge on any atom is -0.481 e. The summed E-state index contributed by atoms with van der Waals surface area (Å²) >= 11 is 0.